The number of hydrogen-bond acceptors (Lipinski definition) is 3. The first-order valence-corrected chi connectivity index (χ1v) is 18.6. The molecule has 1 aliphatic heterocycles. The second-order valence-electron chi connectivity index (χ2n) is 11.7. The average molecular weight is 563 g/mol. The highest BCUT2D eigenvalue weighted by Crippen LogP contribution is 2.80. The van der Waals surface area contributed by atoms with E-state index in [1.54, 1.807) is 33.5 Å². The van der Waals surface area contributed by atoms with Gasteiger partial charge in [0.15, 0.2) is 0 Å². The molecule has 1 atom stereocenters. The van der Waals surface area contributed by atoms with Crippen LogP contribution in [0.2, 0.25) is 0 Å². The van der Waals surface area contributed by atoms with Gasteiger partial charge in [-0.15, -0.1) is 44.0 Å². The van der Waals surface area contributed by atoms with E-state index in [1.165, 1.54) is 50.7 Å². The molecule has 0 aliphatic carbocycles. The van der Waals surface area contributed by atoms with Crippen LogP contribution in [0.25, 0.3) is 9.75 Å². The molecule has 36 heavy (non-hydrogen) atoms. The third-order valence-corrected chi connectivity index (χ3v) is 16.1. The molecule has 202 valence electrons. The lowest BCUT2D eigenvalue weighted by atomic mass is 9.95. The molecule has 3 aromatic heterocycles. The van der Waals surface area contributed by atoms with Crippen LogP contribution < -0.4 is 0 Å². The lowest BCUT2D eigenvalue weighted by Gasteiger charge is -2.39. The summed E-state index contributed by atoms with van der Waals surface area (Å²) in [5.41, 5.74) is 0.206. The van der Waals surface area contributed by atoms with Crippen molar-refractivity contribution in [3.63, 3.8) is 0 Å². The summed E-state index contributed by atoms with van der Waals surface area (Å²) < 4.78 is 1.65. The van der Waals surface area contributed by atoms with E-state index >= 15 is 0 Å². The van der Waals surface area contributed by atoms with E-state index in [9.17, 15) is 0 Å². The zero-order valence-corrected chi connectivity index (χ0v) is 27.6. The molecule has 0 bridgehead atoms. The van der Waals surface area contributed by atoms with Gasteiger partial charge in [-0.05, 0) is 59.4 Å². The predicted molar refractivity (Wildman–Crippen MR) is 171 cm³/mol. The van der Waals surface area contributed by atoms with E-state index in [4.69, 9.17) is 0 Å². The van der Waals surface area contributed by atoms with Crippen LogP contribution in [0.5, 0.6) is 0 Å². The van der Waals surface area contributed by atoms with Crippen LogP contribution in [0.3, 0.4) is 0 Å². The highest BCUT2D eigenvalue weighted by Gasteiger charge is 2.46. The largest absolute Gasteiger partial charge is 0.148 e. The van der Waals surface area contributed by atoms with Crippen LogP contribution in [-0.4, -0.2) is 5.75 Å². The van der Waals surface area contributed by atoms with Crippen molar-refractivity contribution in [1.82, 2.24) is 0 Å². The first-order chi connectivity index (χ1) is 17.1. The number of unbranched alkanes of at least 4 members (excludes halogenated alkanes) is 2. The average Bonchev–Trinajstić information content (AvgIpc) is 3.59. The fraction of sp³-hybridized carbons (Fsp3) is 0.625. The molecule has 0 aromatic carbocycles. The van der Waals surface area contributed by atoms with E-state index < -0.39 is 10.0 Å². The van der Waals surface area contributed by atoms with Gasteiger partial charge >= 0.3 is 0 Å². The van der Waals surface area contributed by atoms with Gasteiger partial charge in [-0.3, -0.25) is 0 Å². The minimum absolute atomic E-state index is 0.206. The second-order valence-corrected chi connectivity index (χ2v) is 18.2. The van der Waals surface area contributed by atoms with E-state index in [-0.39, 0.29) is 5.41 Å². The highest BCUT2D eigenvalue weighted by atomic mass is 32.3. The first-order valence-electron chi connectivity index (χ1n) is 14.3. The third kappa shape index (κ3) is 6.19. The summed E-state index contributed by atoms with van der Waals surface area (Å²) in [6.07, 6.45) is 9.38. The number of fused-ring (bicyclic) bond motifs is 3. The van der Waals surface area contributed by atoms with Crippen molar-refractivity contribution in [3.05, 3.63) is 39.4 Å². The van der Waals surface area contributed by atoms with Crippen LogP contribution in [-0.2, 0) is 5.41 Å². The van der Waals surface area contributed by atoms with Crippen molar-refractivity contribution >= 4 is 44.0 Å². The van der Waals surface area contributed by atoms with Gasteiger partial charge in [0.1, 0.15) is 0 Å². The summed E-state index contributed by atoms with van der Waals surface area (Å²) in [6, 6.07) is 10.1. The molecule has 0 amide bonds. The molecular weight excluding hydrogens is 513 g/mol. The minimum atomic E-state index is -1.19. The van der Waals surface area contributed by atoms with Crippen molar-refractivity contribution in [3.8, 4) is 9.75 Å². The van der Waals surface area contributed by atoms with Crippen LogP contribution in [0, 0.1) is 5.92 Å². The summed E-state index contributed by atoms with van der Waals surface area (Å²) in [5, 5.41) is 2.32. The molecule has 3 aromatic rings. The van der Waals surface area contributed by atoms with Crippen LogP contribution in [0.1, 0.15) is 123 Å². The second kappa shape index (κ2) is 13.0. The molecule has 4 heterocycles. The highest BCUT2D eigenvalue weighted by molar-refractivity contribution is 8.35. The summed E-state index contributed by atoms with van der Waals surface area (Å²) in [4.78, 5) is 9.77. The maximum Gasteiger partial charge on any atom is 0.0584 e. The summed E-state index contributed by atoms with van der Waals surface area (Å²) in [6.45, 7) is 20.8. The molecule has 1 aliphatic rings. The van der Waals surface area contributed by atoms with Gasteiger partial charge in [-0.1, -0.05) is 100 Å². The Kier molecular flexibility index (Phi) is 10.8. The lowest BCUT2D eigenvalue weighted by molar-refractivity contribution is 0.459. The third-order valence-electron chi connectivity index (χ3n) is 6.94. The minimum Gasteiger partial charge on any atom is -0.148 e. The Bertz CT molecular complexity index is 1050. The molecule has 4 rings (SSSR count). The SMILES string of the molecule is CCC.CCCCC(CCCC)CS1(c2cccs2)c2cc(C(C)C)sc2-c2sc(C(C)(C)C)cc21. The molecule has 1 unspecified atom stereocenters. The van der Waals surface area contributed by atoms with Gasteiger partial charge in [-0.2, -0.15) is 0 Å². The van der Waals surface area contributed by atoms with Gasteiger partial charge in [0.05, 0.1) is 14.0 Å². The van der Waals surface area contributed by atoms with Crippen molar-refractivity contribution in [1.29, 1.82) is 0 Å². The number of hydrogen-bond donors (Lipinski definition) is 0. The smallest absolute Gasteiger partial charge is 0.0584 e. The van der Waals surface area contributed by atoms with E-state index in [1.807, 2.05) is 11.3 Å². The molecular formula is C32H50S4. The molecule has 0 nitrogen and oxygen atoms in total. The monoisotopic (exact) mass is 562 g/mol. The zero-order valence-electron chi connectivity index (χ0n) is 24.3. The predicted octanol–water partition coefficient (Wildman–Crippen LogP) is 13.0. The Labute approximate surface area is 236 Å². The van der Waals surface area contributed by atoms with Gasteiger partial charge in [0.25, 0.3) is 0 Å². The quantitative estimate of drug-likeness (QED) is 0.230. The Morgan fingerprint density at radius 1 is 0.861 bits per heavy atom. The molecule has 0 fully saturated rings. The van der Waals surface area contributed by atoms with Crippen LogP contribution >= 0.6 is 44.0 Å². The Morgan fingerprint density at radius 3 is 1.94 bits per heavy atom. The van der Waals surface area contributed by atoms with Gasteiger partial charge in [0.2, 0.25) is 0 Å². The van der Waals surface area contributed by atoms with E-state index in [0.717, 1.165) is 5.92 Å². The van der Waals surface area contributed by atoms with Gasteiger partial charge in [0, 0.05) is 19.5 Å². The standard InChI is InChI=1S/C29H42S4.C3H8/c1-8-10-13-21(14-11-9-2)19-33(26-15-12-16-30-26)23-17-22(20(3)4)31-27(23)28-24(33)18-25(32-28)29(5,6)7;1-3-2/h12,15-18,20-21H,8-11,13-14,19H2,1-7H3;3H2,1-2H3. The van der Waals surface area contributed by atoms with E-state index in [2.05, 4.69) is 115 Å². The zero-order chi connectivity index (χ0) is 26.5. The van der Waals surface area contributed by atoms with Crippen molar-refractivity contribution in [2.45, 2.75) is 133 Å². The maximum absolute atomic E-state index is 2.65. The topological polar surface area (TPSA) is 0 Å². The summed E-state index contributed by atoms with van der Waals surface area (Å²) in [5.74, 6) is 2.77. The Balaban J connectivity index is 0.00000115. The van der Waals surface area contributed by atoms with Gasteiger partial charge < -0.3 is 0 Å². The summed E-state index contributed by atoms with van der Waals surface area (Å²) >= 11 is 6.21. The Morgan fingerprint density at radius 2 is 1.44 bits per heavy atom. The van der Waals surface area contributed by atoms with Crippen molar-refractivity contribution in [2.24, 2.45) is 5.92 Å². The normalized spacial score (nSPS) is 18.6. The lowest BCUT2D eigenvalue weighted by Crippen LogP contribution is -2.15. The summed E-state index contributed by atoms with van der Waals surface area (Å²) in [7, 11) is -1.19. The fourth-order valence-corrected chi connectivity index (χ4v) is 14.7. The number of rotatable bonds is 10. The van der Waals surface area contributed by atoms with Gasteiger partial charge in [-0.25, -0.2) is 0 Å². The van der Waals surface area contributed by atoms with Crippen molar-refractivity contribution in [2.75, 3.05) is 5.75 Å². The number of thiophene rings is 3. The van der Waals surface area contributed by atoms with Crippen molar-refractivity contribution < 1.29 is 0 Å². The molecule has 0 saturated carbocycles. The molecule has 0 N–H and O–H groups in total. The first kappa shape index (κ1) is 30.0. The fourth-order valence-electron chi connectivity index (χ4n) is 4.96. The van der Waals surface area contributed by atoms with Crippen LogP contribution in [0.4, 0.5) is 0 Å². The maximum atomic E-state index is 2.65. The molecule has 0 radical (unpaired) electrons. The molecule has 0 spiro atoms. The molecule has 4 heteroatoms. The van der Waals surface area contributed by atoms with Crippen LogP contribution in [0.15, 0.2) is 43.6 Å². The van der Waals surface area contributed by atoms with E-state index in [0.29, 0.717) is 5.92 Å². The molecule has 0 saturated heterocycles. The Hall–Kier alpha value is -0.550.